The van der Waals surface area contributed by atoms with Crippen LogP contribution in [0, 0.1) is 0 Å². The van der Waals surface area contributed by atoms with E-state index in [-0.39, 0.29) is 38.9 Å². The Morgan fingerprint density at radius 1 is 1.11 bits per heavy atom. The number of carbonyl (C=O) groups excluding carboxylic acids is 4. The number of carboxylic acid groups (broad SMARTS) is 1. The molecule has 1 rings (SSSR count). The highest BCUT2D eigenvalue weighted by Crippen LogP contribution is 2.18. The highest BCUT2D eigenvalue weighted by molar-refractivity contribution is 5.94. The minimum atomic E-state index is -1.14. The number of amides is 2. The molecule has 0 radical (unpaired) electrons. The molecule has 0 saturated carbocycles. The zero-order chi connectivity index (χ0) is 20.8. The maximum Gasteiger partial charge on any atom is 0.326 e. The van der Waals surface area contributed by atoms with Gasteiger partial charge >= 0.3 is 17.9 Å². The predicted molar refractivity (Wildman–Crippen MR) is 91.4 cm³/mol. The zero-order valence-electron chi connectivity index (χ0n) is 16.0. The fourth-order valence-electron chi connectivity index (χ4n) is 2.62. The van der Waals surface area contributed by atoms with Crippen LogP contribution in [0.15, 0.2) is 0 Å². The van der Waals surface area contributed by atoms with Crippen molar-refractivity contribution in [2.75, 3.05) is 26.7 Å². The Bertz CT molecular complexity index is 611. The molecule has 27 heavy (non-hydrogen) atoms. The molecule has 1 aliphatic heterocycles. The van der Waals surface area contributed by atoms with Crippen LogP contribution < -0.4 is 0 Å². The largest absolute Gasteiger partial charge is 0.481 e. The van der Waals surface area contributed by atoms with Gasteiger partial charge in [0.2, 0.25) is 11.8 Å². The molecule has 0 bridgehead atoms. The van der Waals surface area contributed by atoms with Crippen LogP contribution in [0.3, 0.4) is 0 Å². The predicted octanol–water partition coefficient (Wildman–Crippen LogP) is -0.205. The Morgan fingerprint density at radius 3 is 2.26 bits per heavy atom. The highest BCUT2D eigenvalue weighted by Gasteiger charge is 2.39. The number of ether oxygens (including phenoxy) is 2. The fourth-order valence-corrected chi connectivity index (χ4v) is 2.62. The molecule has 152 valence electrons. The summed E-state index contributed by atoms with van der Waals surface area (Å²) in [6.45, 7) is 4.96. The van der Waals surface area contributed by atoms with E-state index in [1.807, 2.05) is 0 Å². The summed E-state index contributed by atoms with van der Waals surface area (Å²) in [5, 5.41) is 8.72. The normalized spacial score (nSPS) is 17.5. The summed E-state index contributed by atoms with van der Waals surface area (Å²) in [6, 6.07) is -1.14. The number of nitrogens with zero attached hydrogens (tertiary/aromatic N) is 2. The van der Waals surface area contributed by atoms with Gasteiger partial charge < -0.3 is 24.4 Å². The summed E-state index contributed by atoms with van der Waals surface area (Å²) in [4.78, 5) is 61.8. The number of piperazine rings is 1. The van der Waals surface area contributed by atoms with Gasteiger partial charge in [-0.25, -0.2) is 0 Å². The second-order valence-corrected chi connectivity index (χ2v) is 7.12. The number of hydrogen-bond donors (Lipinski definition) is 1. The van der Waals surface area contributed by atoms with E-state index in [9.17, 15) is 24.0 Å². The van der Waals surface area contributed by atoms with Crippen molar-refractivity contribution >= 4 is 29.7 Å². The quantitative estimate of drug-likeness (QED) is 0.595. The minimum Gasteiger partial charge on any atom is -0.481 e. The SMILES string of the molecule is COC(=O)CC1C(=O)N(CC(=O)OC(C)(C)C)CCN1C(=O)CCC(=O)O. The average molecular weight is 386 g/mol. The van der Waals surface area contributed by atoms with Crippen molar-refractivity contribution in [3.8, 4) is 0 Å². The number of methoxy groups -OCH3 is 1. The van der Waals surface area contributed by atoms with E-state index in [1.54, 1.807) is 20.8 Å². The number of carboxylic acids is 1. The van der Waals surface area contributed by atoms with Crippen LogP contribution in [-0.2, 0) is 33.4 Å². The van der Waals surface area contributed by atoms with Crippen molar-refractivity contribution in [2.45, 2.75) is 51.7 Å². The topological polar surface area (TPSA) is 131 Å². The zero-order valence-corrected chi connectivity index (χ0v) is 16.0. The van der Waals surface area contributed by atoms with Crippen molar-refractivity contribution in [1.29, 1.82) is 0 Å². The van der Waals surface area contributed by atoms with Gasteiger partial charge in [0.15, 0.2) is 0 Å². The standard InChI is InChI=1S/C17H26N2O8/c1-17(2,3)27-15(24)10-18-7-8-19(12(20)5-6-13(21)22)11(16(18)25)9-14(23)26-4/h11H,5-10H2,1-4H3,(H,21,22). The molecule has 10 nitrogen and oxygen atoms in total. The Labute approximate surface area is 157 Å². The van der Waals surface area contributed by atoms with E-state index in [4.69, 9.17) is 9.84 Å². The monoisotopic (exact) mass is 386 g/mol. The first-order valence-corrected chi connectivity index (χ1v) is 8.53. The van der Waals surface area contributed by atoms with Gasteiger partial charge in [-0.3, -0.25) is 24.0 Å². The number of esters is 2. The lowest BCUT2D eigenvalue weighted by Crippen LogP contribution is -2.60. The smallest absolute Gasteiger partial charge is 0.326 e. The van der Waals surface area contributed by atoms with E-state index >= 15 is 0 Å². The van der Waals surface area contributed by atoms with Crippen molar-refractivity contribution < 1.29 is 38.6 Å². The average Bonchev–Trinajstić information content (AvgIpc) is 2.54. The van der Waals surface area contributed by atoms with Gasteiger partial charge in [-0.2, -0.15) is 0 Å². The van der Waals surface area contributed by atoms with Crippen LogP contribution in [0.2, 0.25) is 0 Å². The molecular formula is C17H26N2O8. The summed E-state index contributed by atoms with van der Waals surface area (Å²) in [7, 11) is 1.16. The molecule has 0 aromatic rings. The van der Waals surface area contributed by atoms with E-state index in [0.29, 0.717) is 0 Å². The molecule has 1 N–H and O–H groups in total. The van der Waals surface area contributed by atoms with Crippen LogP contribution in [0.4, 0.5) is 0 Å². The van der Waals surface area contributed by atoms with Gasteiger partial charge in [0.25, 0.3) is 0 Å². The Hall–Kier alpha value is -2.65. The molecular weight excluding hydrogens is 360 g/mol. The highest BCUT2D eigenvalue weighted by atomic mass is 16.6. The summed E-state index contributed by atoms with van der Waals surface area (Å²) in [5.74, 6) is -3.55. The lowest BCUT2D eigenvalue weighted by atomic mass is 10.1. The second kappa shape index (κ2) is 9.33. The van der Waals surface area contributed by atoms with Crippen LogP contribution in [0.1, 0.15) is 40.0 Å². The molecule has 0 aromatic carbocycles. The summed E-state index contributed by atoms with van der Waals surface area (Å²) < 4.78 is 9.77. The summed E-state index contributed by atoms with van der Waals surface area (Å²) in [6.07, 6.45) is -1.04. The lowest BCUT2D eigenvalue weighted by Gasteiger charge is -2.40. The van der Waals surface area contributed by atoms with Gasteiger partial charge in [0.1, 0.15) is 18.2 Å². The number of hydrogen-bond acceptors (Lipinski definition) is 7. The molecule has 1 fully saturated rings. The molecule has 1 atom stereocenters. The molecule has 1 unspecified atom stereocenters. The van der Waals surface area contributed by atoms with E-state index < -0.39 is 41.4 Å². The van der Waals surface area contributed by atoms with Crippen molar-refractivity contribution in [3.05, 3.63) is 0 Å². The maximum absolute atomic E-state index is 12.7. The van der Waals surface area contributed by atoms with Gasteiger partial charge in [0.05, 0.1) is 20.0 Å². The van der Waals surface area contributed by atoms with Crippen LogP contribution in [0.25, 0.3) is 0 Å². The Kier molecular flexibility index (Phi) is 7.74. The maximum atomic E-state index is 12.7. The van der Waals surface area contributed by atoms with Crippen LogP contribution in [0.5, 0.6) is 0 Å². The first-order chi connectivity index (χ1) is 12.4. The van der Waals surface area contributed by atoms with Crippen molar-refractivity contribution in [2.24, 2.45) is 0 Å². The van der Waals surface area contributed by atoms with Crippen LogP contribution in [-0.4, -0.2) is 83.0 Å². The van der Waals surface area contributed by atoms with Crippen LogP contribution >= 0.6 is 0 Å². The van der Waals surface area contributed by atoms with Gasteiger partial charge in [-0.1, -0.05) is 0 Å². The first kappa shape index (κ1) is 22.4. The van der Waals surface area contributed by atoms with E-state index in [2.05, 4.69) is 4.74 Å². The first-order valence-electron chi connectivity index (χ1n) is 8.53. The third-order valence-corrected chi connectivity index (χ3v) is 3.78. The second-order valence-electron chi connectivity index (χ2n) is 7.12. The molecule has 1 saturated heterocycles. The fraction of sp³-hybridized carbons (Fsp3) is 0.706. The minimum absolute atomic E-state index is 0.0779. The third kappa shape index (κ3) is 7.24. The summed E-state index contributed by atoms with van der Waals surface area (Å²) in [5.41, 5.74) is -0.708. The van der Waals surface area contributed by atoms with Crippen molar-refractivity contribution in [1.82, 2.24) is 9.80 Å². The molecule has 1 aliphatic rings. The van der Waals surface area contributed by atoms with E-state index in [0.717, 1.165) is 7.11 Å². The van der Waals surface area contributed by atoms with Gasteiger partial charge in [-0.05, 0) is 20.8 Å². The number of rotatable bonds is 7. The molecule has 1 heterocycles. The number of carbonyl (C=O) groups is 5. The van der Waals surface area contributed by atoms with Gasteiger partial charge in [-0.15, -0.1) is 0 Å². The molecule has 10 heteroatoms. The third-order valence-electron chi connectivity index (χ3n) is 3.78. The van der Waals surface area contributed by atoms with Crippen molar-refractivity contribution in [3.63, 3.8) is 0 Å². The van der Waals surface area contributed by atoms with Gasteiger partial charge in [0, 0.05) is 19.5 Å². The molecule has 0 aliphatic carbocycles. The van der Waals surface area contributed by atoms with E-state index in [1.165, 1.54) is 9.80 Å². The number of aliphatic carboxylic acids is 1. The Morgan fingerprint density at radius 2 is 1.74 bits per heavy atom. The summed E-state index contributed by atoms with van der Waals surface area (Å²) >= 11 is 0. The lowest BCUT2D eigenvalue weighted by molar-refractivity contribution is -0.164. The Balaban J connectivity index is 2.88. The molecule has 0 aromatic heterocycles. The molecule has 0 spiro atoms. The molecule has 2 amide bonds.